The van der Waals surface area contributed by atoms with Gasteiger partial charge in [-0.25, -0.2) is 0 Å². The quantitative estimate of drug-likeness (QED) is 0.877. The van der Waals surface area contributed by atoms with E-state index in [4.69, 9.17) is 5.11 Å². The summed E-state index contributed by atoms with van der Waals surface area (Å²) in [5, 5.41) is 9.87. The van der Waals surface area contributed by atoms with Crippen molar-refractivity contribution >= 4 is 16.9 Å². The number of nitrogens with zero attached hydrogens (tertiary/aromatic N) is 1. The highest BCUT2D eigenvalue weighted by molar-refractivity contribution is 5.81. The Balaban J connectivity index is 2.31. The van der Waals surface area contributed by atoms with Gasteiger partial charge in [0.1, 0.15) is 0 Å². The number of hydrogen-bond donors (Lipinski definition) is 1. The first-order valence-corrected chi connectivity index (χ1v) is 5.88. The SMILES string of the molecule is CC(C)c1ccc2c(ccn2CCC(=O)O)c1. The molecule has 0 aliphatic heterocycles. The maximum Gasteiger partial charge on any atom is 0.305 e. The molecule has 0 radical (unpaired) electrons. The summed E-state index contributed by atoms with van der Waals surface area (Å²) in [6.45, 7) is 4.87. The van der Waals surface area contributed by atoms with E-state index in [1.807, 2.05) is 16.8 Å². The smallest absolute Gasteiger partial charge is 0.305 e. The Hall–Kier alpha value is -1.77. The third-order valence-electron chi connectivity index (χ3n) is 3.03. The van der Waals surface area contributed by atoms with Gasteiger partial charge in [-0.1, -0.05) is 19.9 Å². The predicted molar refractivity (Wildman–Crippen MR) is 68.3 cm³/mol. The molecule has 3 heteroatoms. The van der Waals surface area contributed by atoms with Gasteiger partial charge in [-0.2, -0.15) is 0 Å². The highest BCUT2D eigenvalue weighted by Gasteiger charge is 2.05. The Labute approximate surface area is 101 Å². The van der Waals surface area contributed by atoms with Crippen LogP contribution < -0.4 is 0 Å². The van der Waals surface area contributed by atoms with Crippen LogP contribution in [-0.2, 0) is 11.3 Å². The first-order chi connectivity index (χ1) is 8.08. The van der Waals surface area contributed by atoms with Gasteiger partial charge in [-0.3, -0.25) is 4.79 Å². The van der Waals surface area contributed by atoms with E-state index in [1.165, 1.54) is 10.9 Å². The van der Waals surface area contributed by atoms with Crippen LogP contribution in [0.15, 0.2) is 30.5 Å². The van der Waals surface area contributed by atoms with Gasteiger partial charge in [0, 0.05) is 18.3 Å². The van der Waals surface area contributed by atoms with Crippen LogP contribution in [0, 0.1) is 0 Å². The number of fused-ring (bicyclic) bond motifs is 1. The number of carboxylic acid groups (broad SMARTS) is 1. The van der Waals surface area contributed by atoms with Crippen molar-refractivity contribution in [2.45, 2.75) is 32.7 Å². The fraction of sp³-hybridized carbons (Fsp3) is 0.357. The molecule has 0 aliphatic rings. The van der Waals surface area contributed by atoms with Gasteiger partial charge in [-0.05, 0) is 35.1 Å². The molecule has 0 spiro atoms. The van der Waals surface area contributed by atoms with E-state index in [0.29, 0.717) is 12.5 Å². The Morgan fingerprint density at radius 3 is 2.76 bits per heavy atom. The van der Waals surface area contributed by atoms with Gasteiger partial charge in [0.2, 0.25) is 0 Å². The maximum absolute atomic E-state index is 10.6. The molecular formula is C14H17NO2. The minimum Gasteiger partial charge on any atom is -0.481 e. The van der Waals surface area contributed by atoms with Crippen LogP contribution in [0.2, 0.25) is 0 Å². The zero-order valence-corrected chi connectivity index (χ0v) is 10.2. The summed E-state index contributed by atoms with van der Waals surface area (Å²) >= 11 is 0. The highest BCUT2D eigenvalue weighted by Crippen LogP contribution is 2.22. The number of aliphatic carboxylic acids is 1. The van der Waals surface area contributed by atoms with Crippen molar-refractivity contribution in [1.82, 2.24) is 4.57 Å². The second-order valence-corrected chi connectivity index (χ2v) is 4.63. The second kappa shape index (κ2) is 4.62. The molecule has 1 N–H and O–H groups in total. The fourth-order valence-electron chi connectivity index (χ4n) is 1.99. The van der Waals surface area contributed by atoms with E-state index in [0.717, 1.165) is 5.52 Å². The fourth-order valence-corrected chi connectivity index (χ4v) is 1.99. The molecule has 0 aliphatic carbocycles. The molecule has 90 valence electrons. The highest BCUT2D eigenvalue weighted by atomic mass is 16.4. The normalized spacial score (nSPS) is 11.2. The summed E-state index contributed by atoms with van der Waals surface area (Å²) in [6.07, 6.45) is 2.12. The lowest BCUT2D eigenvalue weighted by atomic mass is 10.0. The molecule has 0 saturated heterocycles. The lowest BCUT2D eigenvalue weighted by Gasteiger charge is -2.07. The van der Waals surface area contributed by atoms with Gasteiger partial charge >= 0.3 is 5.97 Å². The molecule has 1 heterocycles. The van der Waals surface area contributed by atoms with E-state index in [1.54, 1.807) is 0 Å². The van der Waals surface area contributed by atoms with Crippen molar-refractivity contribution in [2.75, 3.05) is 0 Å². The van der Waals surface area contributed by atoms with Gasteiger partial charge < -0.3 is 9.67 Å². The topological polar surface area (TPSA) is 42.2 Å². The molecule has 0 bridgehead atoms. The second-order valence-electron chi connectivity index (χ2n) is 4.63. The van der Waals surface area contributed by atoms with Crippen molar-refractivity contribution in [3.63, 3.8) is 0 Å². The summed E-state index contributed by atoms with van der Waals surface area (Å²) < 4.78 is 1.99. The maximum atomic E-state index is 10.6. The number of rotatable bonds is 4. The summed E-state index contributed by atoms with van der Waals surface area (Å²) in [5.74, 6) is -0.243. The van der Waals surface area contributed by atoms with E-state index < -0.39 is 5.97 Å². The minimum atomic E-state index is -0.759. The average Bonchev–Trinajstić information content (AvgIpc) is 2.68. The summed E-state index contributed by atoms with van der Waals surface area (Å²) in [7, 11) is 0. The van der Waals surface area contributed by atoms with E-state index in [9.17, 15) is 4.79 Å². The number of benzene rings is 1. The summed E-state index contributed by atoms with van der Waals surface area (Å²) in [6, 6.07) is 8.41. The first-order valence-electron chi connectivity index (χ1n) is 5.88. The van der Waals surface area contributed by atoms with Gasteiger partial charge in [0.15, 0.2) is 0 Å². The molecule has 1 aromatic carbocycles. The summed E-state index contributed by atoms with van der Waals surface area (Å²) in [5.41, 5.74) is 2.42. The van der Waals surface area contributed by atoms with Crippen LogP contribution >= 0.6 is 0 Å². The summed E-state index contributed by atoms with van der Waals surface area (Å²) in [4.78, 5) is 10.6. The molecule has 0 unspecified atom stereocenters. The number of aromatic nitrogens is 1. The van der Waals surface area contributed by atoms with Crippen molar-refractivity contribution in [3.8, 4) is 0 Å². The van der Waals surface area contributed by atoms with Gasteiger partial charge in [0.25, 0.3) is 0 Å². The molecule has 0 amide bonds. The van der Waals surface area contributed by atoms with Crippen molar-refractivity contribution < 1.29 is 9.90 Å². The van der Waals surface area contributed by atoms with E-state index in [2.05, 4.69) is 32.0 Å². The van der Waals surface area contributed by atoms with Crippen molar-refractivity contribution in [2.24, 2.45) is 0 Å². The Morgan fingerprint density at radius 1 is 1.35 bits per heavy atom. The monoisotopic (exact) mass is 231 g/mol. The Bertz CT molecular complexity index is 540. The lowest BCUT2D eigenvalue weighted by molar-refractivity contribution is -0.137. The largest absolute Gasteiger partial charge is 0.481 e. The van der Waals surface area contributed by atoms with Gasteiger partial charge in [-0.15, -0.1) is 0 Å². The minimum absolute atomic E-state index is 0.162. The van der Waals surface area contributed by atoms with Crippen LogP contribution in [0.4, 0.5) is 0 Å². The molecule has 2 aromatic rings. The molecule has 0 saturated carbocycles. The Kier molecular flexibility index (Phi) is 3.18. The molecule has 3 nitrogen and oxygen atoms in total. The van der Waals surface area contributed by atoms with Crippen LogP contribution in [-0.4, -0.2) is 15.6 Å². The van der Waals surface area contributed by atoms with Crippen LogP contribution in [0.3, 0.4) is 0 Å². The molecule has 2 rings (SSSR count). The zero-order valence-electron chi connectivity index (χ0n) is 10.2. The first kappa shape index (κ1) is 11.7. The molecule has 1 aromatic heterocycles. The van der Waals surface area contributed by atoms with Crippen molar-refractivity contribution in [1.29, 1.82) is 0 Å². The number of carboxylic acids is 1. The van der Waals surface area contributed by atoms with Gasteiger partial charge in [0.05, 0.1) is 6.42 Å². The van der Waals surface area contributed by atoms with Crippen LogP contribution in [0.25, 0.3) is 10.9 Å². The number of hydrogen-bond acceptors (Lipinski definition) is 1. The Morgan fingerprint density at radius 2 is 2.12 bits per heavy atom. The third-order valence-corrected chi connectivity index (χ3v) is 3.03. The van der Waals surface area contributed by atoms with Crippen molar-refractivity contribution in [3.05, 3.63) is 36.0 Å². The lowest BCUT2D eigenvalue weighted by Crippen LogP contribution is -2.03. The standard InChI is InChI=1S/C14H17NO2/c1-10(2)11-3-4-13-12(9-11)5-7-15(13)8-6-14(16)17/h3-5,7,9-10H,6,8H2,1-2H3,(H,16,17). The molecule has 0 fully saturated rings. The van der Waals surface area contributed by atoms with Crippen LogP contribution in [0.1, 0.15) is 31.7 Å². The molecule has 0 atom stereocenters. The molecule has 17 heavy (non-hydrogen) atoms. The zero-order chi connectivity index (χ0) is 12.4. The number of aryl methyl sites for hydroxylation is 1. The van der Waals surface area contributed by atoms with E-state index in [-0.39, 0.29) is 6.42 Å². The number of carbonyl (C=O) groups is 1. The average molecular weight is 231 g/mol. The predicted octanol–water partition coefficient (Wildman–Crippen LogP) is 3.24. The van der Waals surface area contributed by atoms with Crippen LogP contribution in [0.5, 0.6) is 0 Å². The van der Waals surface area contributed by atoms with E-state index >= 15 is 0 Å². The molecular weight excluding hydrogens is 214 g/mol. The third kappa shape index (κ3) is 2.49.